The number of ether oxygens (including phenoxy) is 1. The Morgan fingerprint density at radius 1 is 0.971 bits per heavy atom. The second-order valence-electron chi connectivity index (χ2n) is 8.97. The van der Waals surface area contributed by atoms with E-state index in [1.807, 2.05) is 36.7 Å². The van der Waals surface area contributed by atoms with Gasteiger partial charge in [-0.1, -0.05) is 24.3 Å². The third-order valence-electron chi connectivity index (χ3n) is 6.75. The van der Waals surface area contributed by atoms with E-state index in [-0.39, 0.29) is 11.8 Å². The van der Waals surface area contributed by atoms with Crippen molar-refractivity contribution in [3.05, 3.63) is 61.3 Å². The third kappa shape index (κ3) is 3.80. The molecule has 0 unspecified atom stereocenters. The van der Waals surface area contributed by atoms with Gasteiger partial charge in [0.15, 0.2) is 0 Å². The lowest BCUT2D eigenvalue weighted by Crippen LogP contribution is -2.56. The summed E-state index contributed by atoms with van der Waals surface area (Å²) in [7, 11) is 1.92. The molecule has 3 aromatic heterocycles. The van der Waals surface area contributed by atoms with Gasteiger partial charge in [-0.25, -0.2) is 0 Å². The molecule has 2 aliphatic rings. The van der Waals surface area contributed by atoms with Crippen molar-refractivity contribution in [2.45, 2.75) is 0 Å². The molecular weight excluding hydrogens is 428 g/mol. The van der Waals surface area contributed by atoms with Crippen molar-refractivity contribution in [1.29, 1.82) is 0 Å². The van der Waals surface area contributed by atoms with Crippen LogP contribution in [0.2, 0.25) is 0 Å². The number of rotatable bonds is 4. The predicted molar refractivity (Wildman–Crippen MR) is 130 cm³/mol. The molecule has 2 saturated heterocycles. The minimum atomic E-state index is 0.0470. The fourth-order valence-electron chi connectivity index (χ4n) is 4.74. The summed E-state index contributed by atoms with van der Waals surface area (Å²) >= 11 is 0. The second-order valence-corrected chi connectivity index (χ2v) is 8.97. The monoisotopic (exact) mass is 454 g/mol. The van der Waals surface area contributed by atoms with E-state index in [2.05, 4.69) is 50.3 Å². The molecule has 0 saturated carbocycles. The molecule has 5 heterocycles. The van der Waals surface area contributed by atoms with Gasteiger partial charge in [-0.3, -0.25) is 19.4 Å². The van der Waals surface area contributed by atoms with Crippen molar-refractivity contribution >= 4 is 22.5 Å². The smallest absolute Gasteiger partial charge is 0.229 e. The van der Waals surface area contributed by atoms with Crippen LogP contribution in [0.15, 0.2) is 61.3 Å². The number of morpholine rings is 1. The lowest BCUT2D eigenvalue weighted by molar-refractivity contribution is -0.140. The van der Waals surface area contributed by atoms with Gasteiger partial charge in [-0.05, 0) is 17.2 Å². The van der Waals surface area contributed by atoms with Crippen LogP contribution in [0.4, 0.5) is 5.69 Å². The highest BCUT2D eigenvalue weighted by atomic mass is 16.5. The van der Waals surface area contributed by atoms with Crippen molar-refractivity contribution in [1.82, 2.24) is 24.6 Å². The molecule has 0 spiro atoms. The van der Waals surface area contributed by atoms with Crippen LogP contribution in [0.5, 0.6) is 0 Å². The number of anilines is 1. The highest BCUT2D eigenvalue weighted by molar-refractivity contribution is 5.96. The van der Waals surface area contributed by atoms with E-state index in [0.29, 0.717) is 26.3 Å². The van der Waals surface area contributed by atoms with Crippen LogP contribution >= 0.6 is 0 Å². The van der Waals surface area contributed by atoms with Gasteiger partial charge in [0.1, 0.15) is 0 Å². The van der Waals surface area contributed by atoms with Gasteiger partial charge in [0, 0.05) is 62.1 Å². The number of fused-ring (bicyclic) bond motifs is 1. The van der Waals surface area contributed by atoms with E-state index >= 15 is 0 Å². The number of aryl methyl sites for hydroxylation is 1. The summed E-state index contributed by atoms with van der Waals surface area (Å²) in [5, 5.41) is 5.32. The van der Waals surface area contributed by atoms with Gasteiger partial charge in [0.2, 0.25) is 5.91 Å². The molecule has 2 aliphatic heterocycles. The molecule has 8 nitrogen and oxygen atoms in total. The molecule has 172 valence electrons. The number of carbonyl (C=O) groups excluding carboxylic acids is 1. The molecule has 4 aromatic rings. The maximum Gasteiger partial charge on any atom is 0.229 e. The topological polar surface area (TPSA) is 76.4 Å². The van der Waals surface area contributed by atoms with Gasteiger partial charge in [-0.2, -0.15) is 5.10 Å². The summed E-state index contributed by atoms with van der Waals surface area (Å²) in [4.78, 5) is 26.0. The minimum absolute atomic E-state index is 0.0470. The number of carbonyl (C=O) groups is 1. The molecule has 8 heteroatoms. The van der Waals surface area contributed by atoms with E-state index in [0.717, 1.165) is 51.9 Å². The minimum Gasteiger partial charge on any atom is -0.378 e. The molecule has 0 bridgehead atoms. The van der Waals surface area contributed by atoms with E-state index in [1.165, 1.54) is 0 Å². The Balaban J connectivity index is 1.23. The Kier molecular flexibility index (Phi) is 5.22. The van der Waals surface area contributed by atoms with Crippen LogP contribution in [0.25, 0.3) is 33.2 Å². The van der Waals surface area contributed by atoms with Crippen LogP contribution < -0.4 is 4.90 Å². The van der Waals surface area contributed by atoms with Crippen LogP contribution in [0, 0.1) is 5.92 Å². The second kappa shape index (κ2) is 8.53. The highest BCUT2D eigenvalue weighted by Gasteiger charge is 2.36. The zero-order chi connectivity index (χ0) is 23.1. The average molecular weight is 455 g/mol. The summed E-state index contributed by atoms with van der Waals surface area (Å²) in [5.74, 6) is 0.289. The van der Waals surface area contributed by atoms with E-state index in [9.17, 15) is 4.79 Å². The Labute approximate surface area is 197 Å². The summed E-state index contributed by atoms with van der Waals surface area (Å²) in [6, 6.07) is 10.6. The maximum atomic E-state index is 12.8. The van der Waals surface area contributed by atoms with Crippen molar-refractivity contribution < 1.29 is 9.53 Å². The molecule has 0 aliphatic carbocycles. The first-order valence-electron chi connectivity index (χ1n) is 11.6. The van der Waals surface area contributed by atoms with Crippen LogP contribution in [0.1, 0.15) is 0 Å². The van der Waals surface area contributed by atoms with Gasteiger partial charge in [-0.15, -0.1) is 0 Å². The molecule has 6 rings (SSSR count). The van der Waals surface area contributed by atoms with Gasteiger partial charge in [0.25, 0.3) is 0 Å². The number of pyridine rings is 2. The third-order valence-corrected chi connectivity index (χ3v) is 6.75. The van der Waals surface area contributed by atoms with Crippen LogP contribution in [-0.4, -0.2) is 69.9 Å². The Morgan fingerprint density at radius 2 is 1.74 bits per heavy atom. The van der Waals surface area contributed by atoms with E-state index < -0.39 is 0 Å². The average Bonchev–Trinajstić information content (AvgIpc) is 3.29. The van der Waals surface area contributed by atoms with Crippen molar-refractivity contribution in [2.75, 3.05) is 44.3 Å². The molecular formula is C26H26N6O2. The fourth-order valence-corrected chi connectivity index (χ4v) is 4.74. The lowest BCUT2D eigenvalue weighted by atomic mass is 9.96. The Hall–Kier alpha value is -3.78. The molecule has 34 heavy (non-hydrogen) atoms. The molecule has 2 fully saturated rings. The van der Waals surface area contributed by atoms with Crippen molar-refractivity contribution in [3.63, 3.8) is 0 Å². The SMILES string of the molecule is Cn1cc(-c2ccc(-c3cncc4ncc(N5CC(C(=O)N6CCOCC6)C5)cc34)cc2)cn1. The number of amides is 1. The van der Waals surface area contributed by atoms with Gasteiger partial charge < -0.3 is 14.5 Å². The largest absolute Gasteiger partial charge is 0.378 e. The first-order chi connectivity index (χ1) is 16.7. The first kappa shape index (κ1) is 20.8. The van der Waals surface area contributed by atoms with Gasteiger partial charge in [0.05, 0.1) is 48.9 Å². The van der Waals surface area contributed by atoms with E-state index in [4.69, 9.17) is 4.74 Å². The Bertz CT molecular complexity index is 1340. The predicted octanol–water partition coefficient (Wildman–Crippen LogP) is 2.99. The Morgan fingerprint density at radius 3 is 2.47 bits per heavy atom. The number of hydrogen-bond donors (Lipinski definition) is 0. The quantitative estimate of drug-likeness (QED) is 0.472. The first-order valence-corrected chi connectivity index (χ1v) is 11.6. The number of aromatic nitrogens is 4. The lowest BCUT2D eigenvalue weighted by Gasteiger charge is -2.42. The summed E-state index contributed by atoms with van der Waals surface area (Å²) in [6.07, 6.45) is 9.46. The summed E-state index contributed by atoms with van der Waals surface area (Å²) in [6.45, 7) is 4.12. The number of benzene rings is 1. The van der Waals surface area contributed by atoms with Crippen molar-refractivity contribution in [2.24, 2.45) is 13.0 Å². The standard InChI is InChI=1S/C26H26N6O2/c1-30-15-20(11-29-30)18-2-4-19(5-3-18)24-13-27-14-25-23(24)10-22(12-28-25)32-16-21(17-32)26(33)31-6-8-34-9-7-31/h2-5,10-15,21H,6-9,16-17H2,1H3. The van der Waals surface area contributed by atoms with E-state index in [1.54, 1.807) is 10.9 Å². The fraction of sp³-hybridized carbons (Fsp3) is 0.308. The molecule has 1 amide bonds. The maximum absolute atomic E-state index is 12.8. The summed E-state index contributed by atoms with van der Waals surface area (Å²) in [5.41, 5.74) is 6.25. The number of hydrogen-bond acceptors (Lipinski definition) is 6. The van der Waals surface area contributed by atoms with Gasteiger partial charge >= 0.3 is 0 Å². The molecule has 0 radical (unpaired) electrons. The molecule has 1 aromatic carbocycles. The summed E-state index contributed by atoms with van der Waals surface area (Å²) < 4.78 is 7.17. The molecule has 0 atom stereocenters. The van der Waals surface area contributed by atoms with Crippen molar-refractivity contribution in [3.8, 4) is 22.3 Å². The highest BCUT2D eigenvalue weighted by Crippen LogP contribution is 2.33. The zero-order valence-corrected chi connectivity index (χ0v) is 19.1. The van der Waals surface area contributed by atoms with Crippen LogP contribution in [0.3, 0.4) is 0 Å². The normalized spacial score (nSPS) is 16.6. The molecule has 0 N–H and O–H groups in total. The zero-order valence-electron chi connectivity index (χ0n) is 19.1. The number of nitrogens with zero attached hydrogens (tertiary/aromatic N) is 6. The van der Waals surface area contributed by atoms with Crippen LogP contribution in [-0.2, 0) is 16.6 Å².